The lowest BCUT2D eigenvalue weighted by atomic mass is 10.1. The van der Waals surface area contributed by atoms with Crippen molar-refractivity contribution >= 4 is 16.7 Å². The van der Waals surface area contributed by atoms with Crippen LogP contribution in [0.3, 0.4) is 0 Å². The van der Waals surface area contributed by atoms with Gasteiger partial charge in [-0.15, -0.1) is 0 Å². The SMILES string of the molecule is CC(C)n1c(-c2cccc(F)c2N)nc2cc(F)ccc21. The van der Waals surface area contributed by atoms with Gasteiger partial charge in [0.05, 0.1) is 16.7 Å². The van der Waals surface area contributed by atoms with Gasteiger partial charge in [0.2, 0.25) is 0 Å². The van der Waals surface area contributed by atoms with Crippen molar-refractivity contribution in [3.63, 3.8) is 0 Å². The minimum Gasteiger partial charge on any atom is -0.396 e. The van der Waals surface area contributed by atoms with E-state index < -0.39 is 5.82 Å². The van der Waals surface area contributed by atoms with Crippen LogP contribution in [0.15, 0.2) is 36.4 Å². The van der Waals surface area contributed by atoms with E-state index in [4.69, 9.17) is 5.73 Å². The Balaban J connectivity index is 2.36. The molecule has 0 fully saturated rings. The first kappa shape index (κ1) is 13.5. The van der Waals surface area contributed by atoms with E-state index in [1.807, 2.05) is 18.4 Å². The summed E-state index contributed by atoms with van der Waals surface area (Å²) >= 11 is 0. The van der Waals surface area contributed by atoms with Crippen molar-refractivity contribution in [1.29, 1.82) is 0 Å². The summed E-state index contributed by atoms with van der Waals surface area (Å²) in [5, 5.41) is 0. The summed E-state index contributed by atoms with van der Waals surface area (Å²) in [7, 11) is 0. The van der Waals surface area contributed by atoms with Crippen LogP contribution >= 0.6 is 0 Å². The highest BCUT2D eigenvalue weighted by Gasteiger charge is 2.18. The molecule has 0 bridgehead atoms. The highest BCUT2D eigenvalue weighted by atomic mass is 19.1. The summed E-state index contributed by atoms with van der Waals surface area (Å²) in [6.07, 6.45) is 0. The van der Waals surface area contributed by atoms with E-state index in [1.54, 1.807) is 18.2 Å². The molecule has 3 rings (SSSR count). The van der Waals surface area contributed by atoms with Crippen LogP contribution in [0.5, 0.6) is 0 Å². The van der Waals surface area contributed by atoms with Crippen molar-refractivity contribution in [3.8, 4) is 11.4 Å². The number of nitrogens with two attached hydrogens (primary N) is 1. The smallest absolute Gasteiger partial charge is 0.146 e. The number of halogens is 2. The van der Waals surface area contributed by atoms with Crippen LogP contribution in [0.1, 0.15) is 19.9 Å². The first-order chi connectivity index (χ1) is 9.99. The molecule has 0 radical (unpaired) electrons. The summed E-state index contributed by atoms with van der Waals surface area (Å²) in [4.78, 5) is 4.44. The summed E-state index contributed by atoms with van der Waals surface area (Å²) in [5.41, 5.74) is 7.72. The average Bonchev–Trinajstić information content (AvgIpc) is 2.80. The Morgan fingerprint density at radius 3 is 2.62 bits per heavy atom. The van der Waals surface area contributed by atoms with Crippen molar-refractivity contribution in [1.82, 2.24) is 9.55 Å². The first-order valence-corrected chi connectivity index (χ1v) is 6.71. The molecule has 0 saturated heterocycles. The molecule has 0 atom stereocenters. The van der Waals surface area contributed by atoms with Gasteiger partial charge in [-0.25, -0.2) is 13.8 Å². The monoisotopic (exact) mass is 287 g/mol. The van der Waals surface area contributed by atoms with Gasteiger partial charge in [0.15, 0.2) is 0 Å². The van der Waals surface area contributed by atoms with Crippen molar-refractivity contribution < 1.29 is 8.78 Å². The maximum atomic E-state index is 13.7. The van der Waals surface area contributed by atoms with Crippen LogP contribution in [0.4, 0.5) is 14.5 Å². The van der Waals surface area contributed by atoms with Gasteiger partial charge >= 0.3 is 0 Å². The molecule has 3 aromatic rings. The topological polar surface area (TPSA) is 43.8 Å². The molecule has 0 aliphatic carbocycles. The lowest BCUT2D eigenvalue weighted by molar-refractivity contribution is 0.618. The number of hydrogen-bond donors (Lipinski definition) is 1. The molecule has 5 heteroatoms. The van der Waals surface area contributed by atoms with Crippen molar-refractivity contribution in [2.45, 2.75) is 19.9 Å². The zero-order chi connectivity index (χ0) is 15.1. The van der Waals surface area contributed by atoms with E-state index in [0.29, 0.717) is 16.9 Å². The van der Waals surface area contributed by atoms with Crippen LogP contribution in [-0.4, -0.2) is 9.55 Å². The van der Waals surface area contributed by atoms with Crippen LogP contribution < -0.4 is 5.73 Å². The number of rotatable bonds is 2. The zero-order valence-corrected chi connectivity index (χ0v) is 11.8. The number of fused-ring (bicyclic) bond motifs is 1. The predicted octanol–water partition coefficient (Wildman–Crippen LogP) is 4.14. The molecule has 0 unspecified atom stereocenters. The van der Waals surface area contributed by atoms with Gasteiger partial charge in [-0.05, 0) is 38.1 Å². The molecule has 21 heavy (non-hydrogen) atoms. The first-order valence-electron chi connectivity index (χ1n) is 6.71. The highest BCUT2D eigenvalue weighted by Crippen LogP contribution is 2.32. The minimum absolute atomic E-state index is 0.0511. The molecule has 0 spiro atoms. The Kier molecular flexibility index (Phi) is 3.12. The molecule has 2 aromatic carbocycles. The summed E-state index contributed by atoms with van der Waals surface area (Å²) in [6, 6.07) is 9.13. The second-order valence-electron chi connectivity index (χ2n) is 5.23. The Morgan fingerprint density at radius 2 is 1.90 bits per heavy atom. The molecular formula is C16H15F2N3. The number of anilines is 1. The maximum absolute atomic E-state index is 13.7. The number of benzene rings is 2. The lowest BCUT2D eigenvalue weighted by Crippen LogP contribution is -2.05. The minimum atomic E-state index is -0.485. The highest BCUT2D eigenvalue weighted by molar-refractivity contribution is 5.84. The fraction of sp³-hybridized carbons (Fsp3) is 0.188. The normalized spacial score (nSPS) is 11.5. The molecule has 108 valence electrons. The molecule has 0 amide bonds. The van der Waals surface area contributed by atoms with Crippen LogP contribution in [-0.2, 0) is 0 Å². The third kappa shape index (κ3) is 2.14. The molecular weight excluding hydrogens is 272 g/mol. The second kappa shape index (κ2) is 4.84. The molecule has 0 aliphatic heterocycles. The van der Waals surface area contributed by atoms with Crippen LogP contribution in [0.25, 0.3) is 22.4 Å². The molecule has 1 heterocycles. The quantitative estimate of drug-likeness (QED) is 0.720. The standard InChI is InChI=1S/C16H15F2N3/c1-9(2)21-14-7-6-10(17)8-13(14)20-16(21)11-4-3-5-12(18)15(11)19/h3-9H,19H2,1-2H3. The lowest BCUT2D eigenvalue weighted by Gasteiger charge is -2.14. The zero-order valence-electron chi connectivity index (χ0n) is 11.8. The van der Waals surface area contributed by atoms with Gasteiger partial charge in [-0.3, -0.25) is 0 Å². The number of aromatic nitrogens is 2. The van der Waals surface area contributed by atoms with Gasteiger partial charge in [-0.2, -0.15) is 0 Å². The Morgan fingerprint density at radius 1 is 1.14 bits per heavy atom. The second-order valence-corrected chi connectivity index (χ2v) is 5.23. The van der Waals surface area contributed by atoms with E-state index in [1.165, 1.54) is 18.2 Å². The van der Waals surface area contributed by atoms with E-state index >= 15 is 0 Å². The number of nitrogen functional groups attached to an aromatic ring is 1. The van der Waals surface area contributed by atoms with Gasteiger partial charge in [0.1, 0.15) is 17.5 Å². The van der Waals surface area contributed by atoms with Crippen molar-refractivity contribution in [2.75, 3.05) is 5.73 Å². The van der Waals surface area contributed by atoms with E-state index in [-0.39, 0.29) is 17.5 Å². The van der Waals surface area contributed by atoms with Gasteiger partial charge in [-0.1, -0.05) is 6.07 Å². The summed E-state index contributed by atoms with van der Waals surface area (Å²) < 4.78 is 29.0. The Hall–Kier alpha value is -2.43. The maximum Gasteiger partial charge on any atom is 0.146 e. The third-order valence-electron chi connectivity index (χ3n) is 3.46. The third-order valence-corrected chi connectivity index (χ3v) is 3.46. The van der Waals surface area contributed by atoms with E-state index in [2.05, 4.69) is 4.98 Å². The Bertz CT molecular complexity index is 822. The number of para-hydroxylation sites is 1. The van der Waals surface area contributed by atoms with E-state index in [0.717, 1.165) is 5.52 Å². The van der Waals surface area contributed by atoms with Gasteiger partial charge in [0.25, 0.3) is 0 Å². The summed E-state index contributed by atoms with van der Waals surface area (Å²) in [5.74, 6) is -0.293. The molecule has 1 aromatic heterocycles. The van der Waals surface area contributed by atoms with Crippen LogP contribution in [0.2, 0.25) is 0 Å². The number of imidazole rings is 1. The molecule has 3 nitrogen and oxygen atoms in total. The largest absolute Gasteiger partial charge is 0.396 e. The van der Waals surface area contributed by atoms with E-state index in [9.17, 15) is 8.78 Å². The number of hydrogen-bond acceptors (Lipinski definition) is 2. The van der Waals surface area contributed by atoms with Gasteiger partial charge in [0, 0.05) is 17.7 Å². The molecule has 0 saturated carbocycles. The fourth-order valence-electron chi connectivity index (χ4n) is 2.52. The van der Waals surface area contributed by atoms with Crippen molar-refractivity contribution in [3.05, 3.63) is 48.0 Å². The molecule has 2 N–H and O–H groups in total. The fourth-order valence-corrected chi connectivity index (χ4v) is 2.52. The Labute approximate surface area is 121 Å². The van der Waals surface area contributed by atoms with Gasteiger partial charge < -0.3 is 10.3 Å². The number of nitrogens with zero attached hydrogens (tertiary/aromatic N) is 2. The summed E-state index contributed by atoms with van der Waals surface area (Å²) in [6.45, 7) is 3.98. The van der Waals surface area contributed by atoms with Crippen molar-refractivity contribution in [2.24, 2.45) is 0 Å². The van der Waals surface area contributed by atoms with Crippen LogP contribution in [0, 0.1) is 11.6 Å². The molecule has 0 aliphatic rings. The average molecular weight is 287 g/mol. The predicted molar refractivity (Wildman–Crippen MR) is 79.9 cm³/mol.